The van der Waals surface area contributed by atoms with Gasteiger partial charge in [0.05, 0.1) is 24.8 Å². The molecule has 2 unspecified atom stereocenters. The smallest absolute Gasteiger partial charge is 0.231 e. The highest BCUT2D eigenvalue weighted by atomic mass is 19.1. The number of carbonyl (C=O) groups is 1. The molecule has 0 saturated carbocycles. The summed E-state index contributed by atoms with van der Waals surface area (Å²) < 4.78 is 31.5. The number of ether oxygens (including phenoxy) is 1. The normalized spacial score (nSPS) is 22.5. The molecule has 1 heterocycles. The number of hydrogen-bond donors (Lipinski definition) is 2. The molecule has 104 valence electrons. The zero-order chi connectivity index (χ0) is 13.8. The SMILES string of the molecule is CCNC1COCC1C(=O)Nc1ccc(F)cc1F. The molecule has 0 aliphatic carbocycles. The highest BCUT2D eigenvalue weighted by Crippen LogP contribution is 2.19. The van der Waals surface area contributed by atoms with Gasteiger partial charge in [-0.25, -0.2) is 8.78 Å². The van der Waals surface area contributed by atoms with Crippen molar-refractivity contribution in [2.45, 2.75) is 13.0 Å². The summed E-state index contributed by atoms with van der Waals surface area (Å²) >= 11 is 0. The van der Waals surface area contributed by atoms with Crippen LogP contribution in [0.15, 0.2) is 18.2 Å². The minimum absolute atomic E-state index is 0.0199. The molecule has 19 heavy (non-hydrogen) atoms. The molecular weight excluding hydrogens is 254 g/mol. The Kier molecular flexibility index (Phi) is 4.44. The molecule has 1 aromatic rings. The van der Waals surface area contributed by atoms with Gasteiger partial charge in [-0.1, -0.05) is 6.92 Å². The van der Waals surface area contributed by atoms with Crippen molar-refractivity contribution >= 4 is 11.6 Å². The fraction of sp³-hybridized carbons (Fsp3) is 0.462. The quantitative estimate of drug-likeness (QED) is 0.872. The van der Waals surface area contributed by atoms with Gasteiger partial charge in [-0.05, 0) is 18.7 Å². The molecule has 1 aliphatic heterocycles. The maximum absolute atomic E-state index is 13.4. The zero-order valence-electron chi connectivity index (χ0n) is 10.6. The number of halogens is 2. The van der Waals surface area contributed by atoms with E-state index in [-0.39, 0.29) is 23.6 Å². The van der Waals surface area contributed by atoms with E-state index in [2.05, 4.69) is 10.6 Å². The summed E-state index contributed by atoms with van der Waals surface area (Å²) in [5.74, 6) is -2.16. The van der Waals surface area contributed by atoms with Crippen molar-refractivity contribution in [1.29, 1.82) is 0 Å². The van der Waals surface area contributed by atoms with E-state index in [0.29, 0.717) is 13.2 Å². The highest BCUT2D eigenvalue weighted by Gasteiger charge is 2.33. The van der Waals surface area contributed by atoms with Crippen molar-refractivity contribution < 1.29 is 18.3 Å². The van der Waals surface area contributed by atoms with Crippen LogP contribution in [0.1, 0.15) is 6.92 Å². The number of anilines is 1. The van der Waals surface area contributed by atoms with E-state index < -0.39 is 11.6 Å². The van der Waals surface area contributed by atoms with Crippen LogP contribution >= 0.6 is 0 Å². The van der Waals surface area contributed by atoms with Gasteiger partial charge >= 0.3 is 0 Å². The first kappa shape index (κ1) is 13.9. The molecule has 1 aliphatic rings. The number of rotatable bonds is 4. The molecule has 0 radical (unpaired) electrons. The Morgan fingerprint density at radius 3 is 2.89 bits per heavy atom. The Labute approximate surface area is 110 Å². The number of amides is 1. The molecular formula is C13H16F2N2O2. The van der Waals surface area contributed by atoms with Crippen molar-refractivity contribution in [3.05, 3.63) is 29.8 Å². The maximum atomic E-state index is 13.4. The van der Waals surface area contributed by atoms with E-state index in [1.807, 2.05) is 6.92 Å². The molecule has 1 amide bonds. The van der Waals surface area contributed by atoms with Crippen LogP contribution in [0.3, 0.4) is 0 Å². The Balaban J connectivity index is 2.04. The zero-order valence-corrected chi connectivity index (χ0v) is 10.6. The summed E-state index contributed by atoms with van der Waals surface area (Å²) in [7, 11) is 0. The number of carbonyl (C=O) groups excluding carboxylic acids is 1. The molecule has 0 bridgehead atoms. The Morgan fingerprint density at radius 2 is 2.21 bits per heavy atom. The van der Waals surface area contributed by atoms with E-state index in [0.717, 1.165) is 18.7 Å². The lowest BCUT2D eigenvalue weighted by Crippen LogP contribution is -2.41. The number of nitrogens with one attached hydrogen (secondary N) is 2. The molecule has 4 nitrogen and oxygen atoms in total. The van der Waals surface area contributed by atoms with Crippen LogP contribution in [0.2, 0.25) is 0 Å². The van der Waals surface area contributed by atoms with Gasteiger partial charge in [-0.15, -0.1) is 0 Å². The van der Waals surface area contributed by atoms with Gasteiger partial charge < -0.3 is 15.4 Å². The number of likely N-dealkylation sites (N-methyl/N-ethyl adjacent to an activating group) is 1. The maximum Gasteiger partial charge on any atom is 0.231 e. The van der Waals surface area contributed by atoms with Gasteiger partial charge in [0, 0.05) is 12.1 Å². The fourth-order valence-corrected chi connectivity index (χ4v) is 2.09. The minimum atomic E-state index is -0.785. The van der Waals surface area contributed by atoms with E-state index in [1.54, 1.807) is 0 Å². The lowest BCUT2D eigenvalue weighted by Gasteiger charge is -2.18. The van der Waals surface area contributed by atoms with Crippen LogP contribution in [-0.2, 0) is 9.53 Å². The Hall–Kier alpha value is -1.53. The average Bonchev–Trinajstić information content (AvgIpc) is 2.81. The topological polar surface area (TPSA) is 50.4 Å². The predicted molar refractivity (Wildman–Crippen MR) is 66.8 cm³/mol. The van der Waals surface area contributed by atoms with Crippen LogP contribution in [0.5, 0.6) is 0 Å². The van der Waals surface area contributed by atoms with E-state index in [9.17, 15) is 13.6 Å². The molecule has 2 N–H and O–H groups in total. The van der Waals surface area contributed by atoms with E-state index in [1.165, 1.54) is 6.07 Å². The minimum Gasteiger partial charge on any atom is -0.379 e. The molecule has 6 heteroatoms. The third kappa shape index (κ3) is 3.27. The van der Waals surface area contributed by atoms with Gasteiger partial charge in [-0.2, -0.15) is 0 Å². The second kappa shape index (κ2) is 6.08. The van der Waals surface area contributed by atoms with Crippen molar-refractivity contribution in [3.8, 4) is 0 Å². The Bertz CT molecular complexity index is 468. The summed E-state index contributed by atoms with van der Waals surface area (Å²) in [6.45, 7) is 3.42. The summed E-state index contributed by atoms with van der Waals surface area (Å²) in [5.41, 5.74) is -0.0199. The lowest BCUT2D eigenvalue weighted by molar-refractivity contribution is -0.120. The van der Waals surface area contributed by atoms with Gasteiger partial charge in [0.1, 0.15) is 11.6 Å². The first-order chi connectivity index (χ1) is 9.11. The third-order valence-electron chi connectivity index (χ3n) is 3.07. The van der Waals surface area contributed by atoms with Gasteiger partial charge in [0.15, 0.2) is 0 Å². The molecule has 1 fully saturated rings. The molecule has 1 saturated heterocycles. The van der Waals surface area contributed by atoms with E-state index in [4.69, 9.17) is 4.74 Å². The summed E-state index contributed by atoms with van der Waals surface area (Å²) in [4.78, 5) is 12.0. The van der Waals surface area contributed by atoms with Crippen molar-refractivity contribution in [1.82, 2.24) is 5.32 Å². The van der Waals surface area contributed by atoms with Crippen molar-refractivity contribution in [3.63, 3.8) is 0 Å². The predicted octanol–water partition coefficient (Wildman–Crippen LogP) is 1.53. The third-order valence-corrected chi connectivity index (χ3v) is 3.07. The summed E-state index contributed by atoms with van der Waals surface area (Å²) in [5, 5.41) is 5.61. The summed E-state index contributed by atoms with van der Waals surface area (Å²) in [6, 6.07) is 2.97. The standard InChI is InChI=1S/C13H16F2N2O2/c1-2-16-12-7-19-6-9(12)13(18)17-11-4-3-8(14)5-10(11)15/h3-5,9,12,16H,2,6-7H2,1H3,(H,17,18). The van der Waals surface area contributed by atoms with Crippen LogP contribution in [-0.4, -0.2) is 31.7 Å². The number of hydrogen-bond acceptors (Lipinski definition) is 3. The molecule has 0 aromatic heterocycles. The molecule has 1 aromatic carbocycles. The molecule has 0 spiro atoms. The number of benzene rings is 1. The Morgan fingerprint density at radius 1 is 1.42 bits per heavy atom. The highest BCUT2D eigenvalue weighted by molar-refractivity contribution is 5.93. The van der Waals surface area contributed by atoms with Gasteiger partial charge in [0.2, 0.25) is 5.91 Å². The monoisotopic (exact) mass is 270 g/mol. The van der Waals surface area contributed by atoms with Crippen LogP contribution in [0, 0.1) is 17.6 Å². The first-order valence-corrected chi connectivity index (χ1v) is 6.19. The van der Waals surface area contributed by atoms with Crippen LogP contribution in [0.4, 0.5) is 14.5 Å². The second-order valence-corrected chi connectivity index (χ2v) is 4.42. The van der Waals surface area contributed by atoms with E-state index >= 15 is 0 Å². The molecule has 2 atom stereocenters. The average molecular weight is 270 g/mol. The van der Waals surface area contributed by atoms with Gasteiger partial charge in [-0.3, -0.25) is 4.79 Å². The van der Waals surface area contributed by atoms with Crippen LogP contribution in [0.25, 0.3) is 0 Å². The second-order valence-electron chi connectivity index (χ2n) is 4.42. The lowest BCUT2D eigenvalue weighted by atomic mass is 10.0. The van der Waals surface area contributed by atoms with Crippen molar-refractivity contribution in [2.24, 2.45) is 5.92 Å². The fourth-order valence-electron chi connectivity index (χ4n) is 2.09. The largest absolute Gasteiger partial charge is 0.379 e. The first-order valence-electron chi connectivity index (χ1n) is 6.19. The van der Waals surface area contributed by atoms with Crippen LogP contribution < -0.4 is 10.6 Å². The summed E-state index contributed by atoms with van der Waals surface area (Å²) in [6.07, 6.45) is 0. The van der Waals surface area contributed by atoms with Crippen molar-refractivity contribution in [2.75, 3.05) is 25.1 Å². The van der Waals surface area contributed by atoms with Gasteiger partial charge in [0.25, 0.3) is 0 Å². The molecule has 2 rings (SSSR count).